The lowest BCUT2D eigenvalue weighted by Crippen LogP contribution is -2.25. The number of hydrogen-bond donors (Lipinski definition) is 1. The second-order valence-corrected chi connectivity index (χ2v) is 2.02. The lowest BCUT2D eigenvalue weighted by Gasteiger charge is -2.20. The van der Waals surface area contributed by atoms with E-state index >= 15 is 0 Å². The lowest BCUT2D eigenvalue weighted by molar-refractivity contribution is 0.0101. The third kappa shape index (κ3) is 1.01. The van der Waals surface area contributed by atoms with Crippen LogP contribution in [-0.2, 0) is 4.74 Å². The van der Waals surface area contributed by atoms with Gasteiger partial charge in [0, 0.05) is 0 Å². The molecular weight excluding hydrogens is 104 g/mol. The van der Waals surface area contributed by atoms with E-state index in [1.807, 2.05) is 13.0 Å². The monoisotopic (exact) mass is 114 g/mol. The molecule has 0 radical (unpaired) electrons. The molecule has 46 valence electrons. The molecule has 0 bridgehead atoms. The molecule has 0 spiro atoms. The van der Waals surface area contributed by atoms with Crippen molar-refractivity contribution in [2.24, 2.45) is 0 Å². The number of rotatable bonds is 0. The van der Waals surface area contributed by atoms with Crippen LogP contribution in [-0.4, -0.2) is 17.3 Å². The van der Waals surface area contributed by atoms with Crippen molar-refractivity contribution < 1.29 is 9.84 Å². The van der Waals surface area contributed by atoms with Crippen molar-refractivity contribution in [1.29, 1.82) is 0 Å². The highest BCUT2D eigenvalue weighted by Crippen LogP contribution is 2.09. The van der Waals surface area contributed by atoms with E-state index in [1.165, 1.54) is 0 Å². The van der Waals surface area contributed by atoms with Crippen LogP contribution in [0, 0.1) is 0 Å². The second kappa shape index (κ2) is 2.18. The predicted molar refractivity (Wildman–Crippen MR) is 30.3 cm³/mol. The minimum Gasteiger partial charge on any atom is -0.496 e. The fourth-order valence-electron chi connectivity index (χ4n) is 0.657. The summed E-state index contributed by atoms with van der Waals surface area (Å²) in [5, 5.41) is 9.00. The predicted octanol–water partition coefficient (Wildman–Crippen LogP) is 0.670. The molecule has 0 amide bonds. The average Bonchev–Trinajstić information content (AvgIpc) is 1.77. The molecule has 2 nitrogen and oxygen atoms in total. The number of hydrogen-bond acceptors (Lipinski definition) is 2. The van der Waals surface area contributed by atoms with Crippen LogP contribution in [0.25, 0.3) is 0 Å². The fraction of sp³-hybridized carbons (Fsp3) is 0.667. The fourth-order valence-corrected chi connectivity index (χ4v) is 0.657. The molecule has 2 atom stereocenters. The molecule has 0 aliphatic carbocycles. The Morgan fingerprint density at radius 2 is 2.50 bits per heavy atom. The van der Waals surface area contributed by atoms with Crippen LogP contribution in [0.4, 0.5) is 0 Å². The summed E-state index contributed by atoms with van der Waals surface area (Å²) in [5.74, 6) is 0. The van der Waals surface area contributed by atoms with Crippen molar-refractivity contribution in [3.63, 3.8) is 0 Å². The van der Waals surface area contributed by atoms with Crippen LogP contribution >= 0.6 is 0 Å². The Morgan fingerprint density at radius 3 is 2.88 bits per heavy atom. The zero-order valence-electron chi connectivity index (χ0n) is 4.87. The first-order valence-corrected chi connectivity index (χ1v) is 2.79. The molecule has 1 aliphatic heterocycles. The van der Waals surface area contributed by atoms with Gasteiger partial charge in [-0.1, -0.05) is 0 Å². The molecule has 2 unspecified atom stereocenters. The summed E-state index contributed by atoms with van der Waals surface area (Å²) in [6.07, 6.45) is 3.85. The lowest BCUT2D eigenvalue weighted by atomic mass is 10.1. The first-order valence-electron chi connectivity index (χ1n) is 2.79. The van der Waals surface area contributed by atoms with Crippen molar-refractivity contribution in [2.75, 3.05) is 0 Å². The van der Waals surface area contributed by atoms with Gasteiger partial charge < -0.3 is 9.84 Å². The zero-order chi connectivity index (χ0) is 5.98. The molecule has 0 saturated carbocycles. The standard InChI is InChI=1S/C6H10O2/c1-5-6(7)3-2-4-8-5/h2,4-7H,3H2,1H3. The summed E-state index contributed by atoms with van der Waals surface area (Å²) in [6, 6.07) is 0. The van der Waals surface area contributed by atoms with Crippen LogP contribution in [0.15, 0.2) is 12.3 Å². The van der Waals surface area contributed by atoms with Gasteiger partial charge in [0.1, 0.15) is 6.10 Å². The molecule has 1 aliphatic rings. The van der Waals surface area contributed by atoms with E-state index in [0.29, 0.717) is 0 Å². The van der Waals surface area contributed by atoms with Crippen molar-refractivity contribution in [3.05, 3.63) is 12.3 Å². The molecule has 0 aromatic rings. The van der Waals surface area contributed by atoms with Crippen molar-refractivity contribution in [2.45, 2.75) is 25.6 Å². The molecule has 0 saturated heterocycles. The average molecular weight is 114 g/mol. The maximum Gasteiger partial charge on any atom is 0.121 e. The molecule has 2 heteroatoms. The Balaban J connectivity index is 2.44. The van der Waals surface area contributed by atoms with Crippen LogP contribution in [0.3, 0.4) is 0 Å². The summed E-state index contributed by atoms with van der Waals surface area (Å²) in [6.45, 7) is 1.86. The smallest absolute Gasteiger partial charge is 0.121 e. The van der Waals surface area contributed by atoms with Gasteiger partial charge in [-0.2, -0.15) is 0 Å². The molecular formula is C6H10O2. The number of ether oxygens (including phenoxy) is 1. The zero-order valence-corrected chi connectivity index (χ0v) is 4.87. The maximum atomic E-state index is 9.00. The Hall–Kier alpha value is -0.500. The van der Waals surface area contributed by atoms with E-state index in [0.717, 1.165) is 6.42 Å². The Bertz CT molecular complexity index is 86.7. The van der Waals surface area contributed by atoms with Crippen LogP contribution < -0.4 is 0 Å². The van der Waals surface area contributed by atoms with E-state index in [2.05, 4.69) is 0 Å². The third-order valence-electron chi connectivity index (χ3n) is 1.31. The summed E-state index contributed by atoms with van der Waals surface area (Å²) in [4.78, 5) is 0. The normalized spacial score (nSPS) is 36.8. The van der Waals surface area contributed by atoms with Crippen molar-refractivity contribution >= 4 is 0 Å². The number of aliphatic hydroxyl groups is 1. The van der Waals surface area contributed by atoms with Gasteiger partial charge in [-0.25, -0.2) is 0 Å². The van der Waals surface area contributed by atoms with Gasteiger partial charge in [0.05, 0.1) is 12.4 Å². The topological polar surface area (TPSA) is 29.5 Å². The molecule has 1 N–H and O–H groups in total. The van der Waals surface area contributed by atoms with E-state index in [9.17, 15) is 0 Å². The molecule has 1 rings (SSSR count). The SMILES string of the molecule is CC1OC=CCC1O. The van der Waals surface area contributed by atoms with Gasteiger partial charge in [-0.3, -0.25) is 0 Å². The van der Waals surface area contributed by atoms with Gasteiger partial charge in [-0.05, 0) is 19.4 Å². The van der Waals surface area contributed by atoms with Crippen LogP contribution in [0.5, 0.6) is 0 Å². The molecule has 1 heterocycles. The third-order valence-corrected chi connectivity index (χ3v) is 1.31. The Labute approximate surface area is 48.8 Å². The summed E-state index contributed by atoms with van der Waals surface area (Å²) in [7, 11) is 0. The van der Waals surface area contributed by atoms with Crippen LogP contribution in [0.2, 0.25) is 0 Å². The van der Waals surface area contributed by atoms with Crippen molar-refractivity contribution in [1.82, 2.24) is 0 Å². The van der Waals surface area contributed by atoms with Gasteiger partial charge in [0.2, 0.25) is 0 Å². The van der Waals surface area contributed by atoms with E-state index < -0.39 is 0 Å². The first-order chi connectivity index (χ1) is 3.80. The first kappa shape index (κ1) is 5.63. The van der Waals surface area contributed by atoms with Crippen molar-refractivity contribution in [3.8, 4) is 0 Å². The highest BCUT2D eigenvalue weighted by Gasteiger charge is 2.14. The molecule has 0 fully saturated rings. The van der Waals surface area contributed by atoms with E-state index in [1.54, 1.807) is 6.26 Å². The molecule has 0 aromatic carbocycles. The van der Waals surface area contributed by atoms with E-state index in [-0.39, 0.29) is 12.2 Å². The van der Waals surface area contributed by atoms with Crippen LogP contribution in [0.1, 0.15) is 13.3 Å². The van der Waals surface area contributed by atoms with Gasteiger partial charge >= 0.3 is 0 Å². The number of aliphatic hydroxyl groups excluding tert-OH is 1. The summed E-state index contributed by atoms with van der Waals surface area (Å²) < 4.78 is 4.96. The van der Waals surface area contributed by atoms with E-state index in [4.69, 9.17) is 9.84 Å². The molecule has 8 heavy (non-hydrogen) atoms. The highest BCUT2D eigenvalue weighted by atomic mass is 16.5. The minimum atomic E-state index is -0.306. The minimum absolute atomic E-state index is 0.0278. The summed E-state index contributed by atoms with van der Waals surface area (Å²) >= 11 is 0. The largest absolute Gasteiger partial charge is 0.496 e. The maximum absolute atomic E-state index is 9.00. The van der Waals surface area contributed by atoms with Gasteiger partial charge in [-0.15, -0.1) is 0 Å². The Kier molecular flexibility index (Phi) is 1.53. The van der Waals surface area contributed by atoms with Gasteiger partial charge in [0.25, 0.3) is 0 Å². The summed E-state index contributed by atoms with van der Waals surface area (Å²) in [5.41, 5.74) is 0. The molecule has 0 aromatic heterocycles. The highest BCUT2D eigenvalue weighted by molar-refractivity contribution is 4.86. The second-order valence-electron chi connectivity index (χ2n) is 2.02. The van der Waals surface area contributed by atoms with Gasteiger partial charge in [0.15, 0.2) is 0 Å². The Morgan fingerprint density at radius 1 is 1.75 bits per heavy atom. The quantitative estimate of drug-likeness (QED) is 0.501.